The van der Waals surface area contributed by atoms with Crippen LogP contribution in [0.25, 0.3) is 0 Å². The topological polar surface area (TPSA) is 32.3 Å². The van der Waals surface area contributed by atoms with E-state index in [0.29, 0.717) is 17.9 Å². The van der Waals surface area contributed by atoms with Gasteiger partial charge in [-0.1, -0.05) is 6.92 Å². The van der Waals surface area contributed by atoms with Gasteiger partial charge in [0.15, 0.2) is 0 Å². The number of nitrogens with one attached hydrogen (secondary N) is 1. The molecular weight excluding hydrogens is 280 g/mol. The van der Waals surface area contributed by atoms with Crippen molar-refractivity contribution in [2.75, 3.05) is 31.1 Å². The van der Waals surface area contributed by atoms with Crippen LogP contribution in [0.4, 0.5) is 0 Å². The van der Waals surface area contributed by atoms with Crippen LogP contribution >= 0.6 is 24.2 Å². The summed E-state index contributed by atoms with van der Waals surface area (Å²) in [5.74, 6) is 3.88. The van der Waals surface area contributed by atoms with E-state index >= 15 is 0 Å². The molecule has 0 spiro atoms. The molecule has 0 aromatic carbocycles. The van der Waals surface area contributed by atoms with E-state index in [2.05, 4.69) is 24.1 Å². The first-order valence-electron chi connectivity index (χ1n) is 7.26. The highest BCUT2D eigenvalue weighted by Crippen LogP contribution is 2.26. The normalized spacial score (nSPS) is 26.6. The molecule has 2 rings (SSSR count). The molecule has 0 aromatic heterocycles. The van der Waals surface area contributed by atoms with Crippen molar-refractivity contribution in [3.05, 3.63) is 0 Å². The van der Waals surface area contributed by atoms with Gasteiger partial charge in [0.05, 0.1) is 0 Å². The van der Waals surface area contributed by atoms with Crippen LogP contribution in [0.5, 0.6) is 0 Å². The van der Waals surface area contributed by atoms with E-state index in [4.69, 9.17) is 0 Å². The Hall–Kier alpha value is 0.0700. The summed E-state index contributed by atoms with van der Waals surface area (Å²) in [7, 11) is 0. The van der Waals surface area contributed by atoms with Gasteiger partial charge in [-0.25, -0.2) is 0 Å². The molecule has 2 aliphatic heterocycles. The van der Waals surface area contributed by atoms with E-state index in [-0.39, 0.29) is 12.4 Å². The first-order chi connectivity index (χ1) is 8.68. The third-order valence-electron chi connectivity index (χ3n) is 4.37. The second-order valence-electron chi connectivity index (χ2n) is 5.78. The summed E-state index contributed by atoms with van der Waals surface area (Å²) in [4.78, 5) is 14.5. The molecule has 2 atom stereocenters. The first kappa shape index (κ1) is 17.1. The zero-order valence-electron chi connectivity index (χ0n) is 12.1. The van der Waals surface area contributed by atoms with Crippen LogP contribution in [0.15, 0.2) is 0 Å². The number of carbonyl (C=O) groups is 1. The molecule has 0 aromatic rings. The Labute approximate surface area is 127 Å². The molecule has 2 unspecified atom stereocenters. The summed E-state index contributed by atoms with van der Waals surface area (Å²) < 4.78 is 0. The van der Waals surface area contributed by atoms with Crippen molar-refractivity contribution in [1.29, 1.82) is 0 Å². The number of halogens is 1. The molecule has 3 nitrogen and oxygen atoms in total. The maximum Gasteiger partial charge on any atom is 0.223 e. The van der Waals surface area contributed by atoms with E-state index in [0.717, 1.165) is 43.5 Å². The fourth-order valence-corrected chi connectivity index (χ4v) is 4.08. The average molecular weight is 307 g/mol. The number of rotatable bonds is 3. The molecule has 0 radical (unpaired) electrons. The van der Waals surface area contributed by atoms with Gasteiger partial charge < -0.3 is 10.2 Å². The number of hydrogen-bond acceptors (Lipinski definition) is 3. The van der Waals surface area contributed by atoms with Crippen LogP contribution in [0.3, 0.4) is 0 Å². The van der Waals surface area contributed by atoms with Crippen LogP contribution in [-0.2, 0) is 4.79 Å². The zero-order valence-corrected chi connectivity index (χ0v) is 13.7. The van der Waals surface area contributed by atoms with Crippen molar-refractivity contribution in [1.82, 2.24) is 10.2 Å². The summed E-state index contributed by atoms with van der Waals surface area (Å²) >= 11 is 1.97. The van der Waals surface area contributed by atoms with Gasteiger partial charge in [-0.15, -0.1) is 12.4 Å². The molecular formula is C14H27ClN2OS. The van der Waals surface area contributed by atoms with Crippen molar-refractivity contribution in [2.24, 2.45) is 11.8 Å². The standard InChI is InChI=1S/C14H26N2OS.ClH/c1-11(13-3-5-15-6-4-13)9-14(17)16-7-8-18-10-12(16)2;/h11-13,15H,3-10H2,1-2H3;1H. The Morgan fingerprint density at radius 2 is 2.11 bits per heavy atom. The molecule has 5 heteroatoms. The lowest BCUT2D eigenvalue weighted by atomic mass is 9.84. The number of carbonyl (C=O) groups excluding carboxylic acids is 1. The van der Waals surface area contributed by atoms with Crippen molar-refractivity contribution in [3.63, 3.8) is 0 Å². The minimum Gasteiger partial charge on any atom is -0.338 e. The highest BCUT2D eigenvalue weighted by atomic mass is 35.5. The maximum atomic E-state index is 12.4. The summed E-state index contributed by atoms with van der Waals surface area (Å²) in [5, 5.41) is 3.40. The van der Waals surface area contributed by atoms with Crippen molar-refractivity contribution in [3.8, 4) is 0 Å². The van der Waals surface area contributed by atoms with E-state index in [9.17, 15) is 4.79 Å². The van der Waals surface area contributed by atoms with Crippen LogP contribution in [-0.4, -0.2) is 48.0 Å². The summed E-state index contributed by atoms with van der Waals surface area (Å²) in [6.45, 7) is 7.64. The lowest BCUT2D eigenvalue weighted by molar-refractivity contribution is -0.134. The third-order valence-corrected chi connectivity index (χ3v) is 5.56. The minimum absolute atomic E-state index is 0. The van der Waals surface area contributed by atoms with Crippen molar-refractivity contribution in [2.45, 2.75) is 39.2 Å². The Morgan fingerprint density at radius 3 is 2.74 bits per heavy atom. The van der Waals surface area contributed by atoms with Crippen molar-refractivity contribution >= 4 is 30.1 Å². The second-order valence-corrected chi connectivity index (χ2v) is 6.93. The smallest absolute Gasteiger partial charge is 0.223 e. The first-order valence-corrected chi connectivity index (χ1v) is 8.42. The summed E-state index contributed by atoms with van der Waals surface area (Å²) in [6, 6.07) is 0.427. The average Bonchev–Trinajstić information content (AvgIpc) is 2.40. The monoisotopic (exact) mass is 306 g/mol. The quantitative estimate of drug-likeness (QED) is 0.869. The number of hydrogen-bond donors (Lipinski definition) is 1. The Balaban J connectivity index is 0.00000180. The van der Waals surface area contributed by atoms with Crippen LogP contribution in [0.2, 0.25) is 0 Å². The van der Waals surface area contributed by atoms with E-state index in [1.165, 1.54) is 12.8 Å². The van der Waals surface area contributed by atoms with Crippen LogP contribution in [0, 0.1) is 11.8 Å². The molecule has 0 aliphatic carbocycles. The van der Waals surface area contributed by atoms with Crippen molar-refractivity contribution < 1.29 is 4.79 Å². The molecule has 1 N–H and O–H groups in total. The van der Waals surface area contributed by atoms with Gasteiger partial charge >= 0.3 is 0 Å². The van der Waals surface area contributed by atoms with Gasteiger partial charge in [-0.05, 0) is 44.7 Å². The van der Waals surface area contributed by atoms with Gasteiger partial charge in [-0.2, -0.15) is 11.8 Å². The Kier molecular flexibility index (Phi) is 7.55. The number of thioether (sulfide) groups is 1. The third kappa shape index (κ3) is 4.83. The molecule has 2 heterocycles. The number of nitrogens with zero attached hydrogens (tertiary/aromatic N) is 1. The predicted molar refractivity (Wildman–Crippen MR) is 85.1 cm³/mol. The lowest BCUT2D eigenvalue weighted by Gasteiger charge is -2.35. The Bertz CT molecular complexity index is 285. The second kappa shape index (κ2) is 8.38. The van der Waals surface area contributed by atoms with Gasteiger partial charge in [0.1, 0.15) is 0 Å². The number of amides is 1. The zero-order chi connectivity index (χ0) is 13.0. The Morgan fingerprint density at radius 1 is 1.42 bits per heavy atom. The molecule has 2 aliphatic rings. The number of piperidine rings is 1. The highest BCUT2D eigenvalue weighted by molar-refractivity contribution is 7.99. The lowest BCUT2D eigenvalue weighted by Crippen LogP contribution is -2.45. The molecule has 2 fully saturated rings. The van der Waals surface area contributed by atoms with Crippen LogP contribution in [0.1, 0.15) is 33.1 Å². The summed E-state index contributed by atoms with van der Waals surface area (Å²) in [5.41, 5.74) is 0. The SMILES string of the molecule is CC(CC(=O)N1CCSCC1C)C1CCNCC1.Cl. The van der Waals surface area contributed by atoms with E-state index < -0.39 is 0 Å². The van der Waals surface area contributed by atoms with Gasteiger partial charge in [0.2, 0.25) is 5.91 Å². The van der Waals surface area contributed by atoms with E-state index in [1.807, 2.05) is 11.8 Å². The maximum absolute atomic E-state index is 12.4. The largest absolute Gasteiger partial charge is 0.338 e. The molecule has 112 valence electrons. The van der Waals surface area contributed by atoms with Gasteiger partial charge in [0, 0.05) is 30.5 Å². The van der Waals surface area contributed by atoms with Gasteiger partial charge in [-0.3, -0.25) is 4.79 Å². The van der Waals surface area contributed by atoms with E-state index in [1.54, 1.807) is 0 Å². The fourth-order valence-electron chi connectivity index (χ4n) is 3.07. The predicted octanol–water partition coefficient (Wildman–Crippen LogP) is 2.40. The van der Waals surface area contributed by atoms with Gasteiger partial charge in [0.25, 0.3) is 0 Å². The molecule has 19 heavy (non-hydrogen) atoms. The van der Waals surface area contributed by atoms with Crippen LogP contribution < -0.4 is 5.32 Å². The molecule has 2 saturated heterocycles. The fraction of sp³-hybridized carbons (Fsp3) is 0.929. The summed E-state index contributed by atoms with van der Waals surface area (Å²) in [6.07, 6.45) is 3.22. The molecule has 1 amide bonds. The molecule has 0 bridgehead atoms. The molecule has 0 saturated carbocycles. The highest BCUT2D eigenvalue weighted by Gasteiger charge is 2.27. The minimum atomic E-state index is 0.